The molecule has 11 heteroatoms. The molecule has 2 heterocycles. The lowest BCUT2D eigenvalue weighted by atomic mass is 10.2. The van der Waals surface area contributed by atoms with Crippen LogP contribution in [0.5, 0.6) is 0 Å². The molecule has 168 valence electrons. The van der Waals surface area contributed by atoms with Crippen LogP contribution in [-0.4, -0.2) is 22.0 Å². The molecule has 3 N–H and O–H groups in total. The third kappa shape index (κ3) is 5.62. The van der Waals surface area contributed by atoms with Gasteiger partial charge in [0.2, 0.25) is 0 Å². The molecule has 1 unspecified atom stereocenters. The SMILES string of the molecule is O=C(NC1CC1)c1cc([SH]2C=CC(NC(=S)Nc3ccc(Cl)c(C(F)(F)F)c3)=C2)ccn1. The summed E-state index contributed by atoms with van der Waals surface area (Å²) in [6.45, 7) is 0. The van der Waals surface area contributed by atoms with Crippen LogP contribution in [-0.2, 0) is 6.18 Å². The van der Waals surface area contributed by atoms with E-state index < -0.39 is 22.6 Å². The van der Waals surface area contributed by atoms with Crippen LogP contribution < -0.4 is 16.0 Å². The molecule has 1 aromatic carbocycles. The highest BCUT2D eigenvalue weighted by Crippen LogP contribution is 2.43. The summed E-state index contributed by atoms with van der Waals surface area (Å²) in [6, 6.07) is 7.38. The molecule has 2 aromatic rings. The largest absolute Gasteiger partial charge is 0.417 e. The Balaban J connectivity index is 1.39. The number of anilines is 1. The van der Waals surface area contributed by atoms with Gasteiger partial charge < -0.3 is 16.0 Å². The second-order valence-electron chi connectivity index (χ2n) is 7.23. The van der Waals surface area contributed by atoms with Crippen molar-refractivity contribution in [1.29, 1.82) is 0 Å². The van der Waals surface area contributed by atoms with Gasteiger partial charge in [-0.15, -0.1) is 0 Å². The molecular formula is C21H18ClF3N4OS2. The number of amides is 1. The maximum absolute atomic E-state index is 13.0. The zero-order valence-electron chi connectivity index (χ0n) is 16.4. The van der Waals surface area contributed by atoms with Crippen LogP contribution in [0.3, 0.4) is 0 Å². The quantitative estimate of drug-likeness (QED) is 0.330. The molecule has 5 nitrogen and oxygen atoms in total. The van der Waals surface area contributed by atoms with Crippen molar-refractivity contribution in [3.63, 3.8) is 0 Å². The van der Waals surface area contributed by atoms with Gasteiger partial charge in [0.25, 0.3) is 5.91 Å². The van der Waals surface area contributed by atoms with Crippen molar-refractivity contribution in [2.75, 3.05) is 5.32 Å². The molecule has 0 saturated heterocycles. The minimum absolute atomic E-state index is 0.146. The lowest BCUT2D eigenvalue weighted by Crippen LogP contribution is -2.27. The van der Waals surface area contributed by atoms with Crippen molar-refractivity contribution < 1.29 is 18.0 Å². The van der Waals surface area contributed by atoms with Crippen molar-refractivity contribution >= 4 is 51.4 Å². The van der Waals surface area contributed by atoms with Gasteiger partial charge in [0, 0.05) is 23.6 Å². The van der Waals surface area contributed by atoms with Gasteiger partial charge >= 0.3 is 6.18 Å². The minimum Gasteiger partial charge on any atom is -0.348 e. The molecule has 1 aliphatic heterocycles. The molecule has 0 spiro atoms. The van der Waals surface area contributed by atoms with Gasteiger partial charge in [-0.3, -0.25) is 9.78 Å². The highest BCUT2D eigenvalue weighted by molar-refractivity contribution is 8.22. The Hall–Kier alpha value is -2.56. The van der Waals surface area contributed by atoms with Gasteiger partial charge in [0.1, 0.15) is 5.69 Å². The Bertz CT molecular complexity index is 1130. The number of carbonyl (C=O) groups is 1. The fraction of sp³-hybridized carbons (Fsp3) is 0.190. The topological polar surface area (TPSA) is 66.1 Å². The van der Waals surface area contributed by atoms with Crippen LogP contribution in [0.4, 0.5) is 18.9 Å². The van der Waals surface area contributed by atoms with Crippen molar-refractivity contribution in [2.24, 2.45) is 0 Å². The molecule has 1 aliphatic carbocycles. The summed E-state index contributed by atoms with van der Waals surface area (Å²) in [5, 5.41) is 12.4. The number of hydrogen-bond acceptors (Lipinski definition) is 3. The normalized spacial score (nSPS) is 18.8. The average Bonchev–Trinajstić information content (AvgIpc) is 3.43. The molecule has 1 fully saturated rings. The standard InChI is InChI=1S/C21H18ClF3N4OS2/c22-17-4-3-13(9-16(17)21(23,24)25)28-20(31)29-14-6-8-32(11-14)15-5-7-26-18(10-15)19(30)27-12-1-2-12/h3-12,32H,1-2H2,(H,27,30)(H2,28,29,31). The van der Waals surface area contributed by atoms with Crippen LogP contribution in [0.15, 0.2) is 64.0 Å². The predicted molar refractivity (Wildman–Crippen MR) is 125 cm³/mol. The summed E-state index contributed by atoms with van der Waals surface area (Å²) in [5.74, 6) is -0.179. The van der Waals surface area contributed by atoms with E-state index in [0.29, 0.717) is 11.4 Å². The molecule has 0 bridgehead atoms. The first-order valence-electron chi connectivity index (χ1n) is 9.59. The smallest absolute Gasteiger partial charge is 0.348 e. The first kappa shape index (κ1) is 22.6. The highest BCUT2D eigenvalue weighted by atomic mass is 35.5. The number of carbonyl (C=O) groups excluding carboxylic acids is 1. The van der Waals surface area contributed by atoms with E-state index in [1.807, 2.05) is 23.0 Å². The Morgan fingerprint density at radius 1 is 1.19 bits per heavy atom. The summed E-state index contributed by atoms with van der Waals surface area (Å²) >= 11 is 10.9. The molecule has 4 rings (SSSR count). The Labute approximate surface area is 195 Å². The van der Waals surface area contributed by atoms with Gasteiger partial charge in [-0.05, 0) is 77.2 Å². The summed E-state index contributed by atoms with van der Waals surface area (Å²) < 4.78 is 39.1. The zero-order valence-corrected chi connectivity index (χ0v) is 18.9. The Morgan fingerprint density at radius 2 is 1.97 bits per heavy atom. The maximum Gasteiger partial charge on any atom is 0.417 e. The molecule has 32 heavy (non-hydrogen) atoms. The number of benzene rings is 1. The Kier molecular flexibility index (Phi) is 6.45. The fourth-order valence-corrected chi connectivity index (χ4v) is 5.09. The van der Waals surface area contributed by atoms with Crippen LogP contribution in [0.2, 0.25) is 5.02 Å². The third-order valence-corrected chi connectivity index (χ3v) is 7.10. The van der Waals surface area contributed by atoms with Crippen LogP contribution >= 0.6 is 34.7 Å². The molecule has 1 aromatic heterocycles. The second-order valence-corrected chi connectivity index (χ2v) is 9.93. The number of alkyl halides is 3. The summed E-state index contributed by atoms with van der Waals surface area (Å²) in [6.07, 6.45) is 0.889. The highest BCUT2D eigenvalue weighted by Gasteiger charge is 2.33. The summed E-state index contributed by atoms with van der Waals surface area (Å²) in [7, 11) is -0.819. The number of thiol groups is 1. The van der Waals surface area contributed by atoms with Crippen LogP contribution in [0.25, 0.3) is 0 Å². The monoisotopic (exact) mass is 498 g/mol. The summed E-state index contributed by atoms with van der Waals surface area (Å²) in [5.41, 5.74) is 0.319. The lowest BCUT2D eigenvalue weighted by molar-refractivity contribution is -0.137. The number of aromatic nitrogens is 1. The molecule has 1 atom stereocenters. The van der Waals surface area contributed by atoms with E-state index in [4.69, 9.17) is 23.8 Å². The van der Waals surface area contributed by atoms with E-state index in [2.05, 4.69) is 20.9 Å². The first-order chi connectivity index (χ1) is 15.2. The molecule has 2 aliphatic rings. The number of allylic oxidation sites excluding steroid dienone is 1. The summed E-state index contributed by atoms with van der Waals surface area (Å²) in [4.78, 5) is 17.3. The average molecular weight is 499 g/mol. The number of rotatable bonds is 5. The number of nitrogens with one attached hydrogen (secondary N) is 3. The number of halogens is 4. The molecule has 1 saturated carbocycles. The number of hydrogen-bond donors (Lipinski definition) is 4. The molecule has 0 radical (unpaired) electrons. The predicted octanol–water partition coefficient (Wildman–Crippen LogP) is 5.36. The lowest BCUT2D eigenvalue weighted by Gasteiger charge is -2.14. The zero-order chi connectivity index (χ0) is 22.9. The third-order valence-electron chi connectivity index (χ3n) is 4.67. The van der Waals surface area contributed by atoms with Gasteiger partial charge in [0.05, 0.1) is 10.6 Å². The van der Waals surface area contributed by atoms with Crippen molar-refractivity contribution in [2.45, 2.75) is 30.0 Å². The van der Waals surface area contributed by atoms with E-state index in [0.717, 1.165) is 23.8 Å². The van der Waals surface area contributed by atoms with E-state index >= 15 is 0 Å². The van der Waals surface area contributed by atoms with Crippen LogP contribution in [0, 0.1) is 0 Å². The number of thiocarbonyl (C=S) groups is 1. The van der Waals surface area contributed by atoms with E-state index in [1.54, 1.807) is 12.3 Å². The van der Waals surface area contributed by atoms with Crippen LogP contribution in [0.1, 0.15) is 28.9 Å². The van der Waals surface area contributed by atoms with E-state index in [9.17, 15) is 18.0 Å². The first-order valence-corrected chi connectivity index (χ1v) is 11.9. The van der Waals surface area contributed by atoms with Crippen molar-refractivity contribution in [3.8, 4) is 0 Å². The van der Waals surface area contributed by atoms with Gasteiger partial charge in [-0.1, -0.05) is 11.6 Å². The van der Waals surface area contributed by atoms with E-state index in [-0.39, 0.29) is 27.8 Å². The fourth-order valence-electron chi connectivity index (χ4n) is 2.94. The second kappa shape index (κ2) is 9.13. The Morgan fingerprint density at radius 3 is 2.69 bits per heavy atom. The van der Waals surface area contributed by atoms with Gasteiger partial charge in [0.15, 0.2) is 5.11 Å². The minimum atomic E-state index is -4.56. The van der Waals surface area contributed by atoms with Gasteiger partial charge in [-0.2, -0.15) is 24.1 Å². The number of pyridine rings is 1. The molecular weight excluding hydrogens is 481 g/mol. The van der Waals surface area contributed by atoms with Gasteiger partial charge in [-0.25, -0.2) is 0 Å². The van der Waals surface area contributed by atoms with Crippen molar-refractivity contribution in [1.82, 2.24) is 15.6 Å². The molecule has 1 amide bonds. The van der Waals surface area contributed by atoms with E-state index in [1.165, 1.54) is 12.1 Å². The van der Waals surface area contributed by atoms with Crippen molar-refractivity contribution in [3.05, 3.63) is 75.4 Å². The maximum atomic E-state index is 13.0. The number of nitrogens with zero attached hydrogens (tertiary/aromatic N) is 1.